The third-order valence-corrected chi connectivity index (χ3v) is 8.28. The lowest BCUT2D eigenvalue weighted by Crippen LogP contribution is -2.38. The summed E-state index contributed by atoms with van der Waals surface area (Å²) in [5.74, 6) is 0.952. The van der Waals surface area contributed by atoms with E-state index >= 15 is 0 Å². The fourth-order valence-electron chi connectivity index (χ4n) is 5.89. The van der Waals surface area contributed by atoms with Crippen molar-refractivity contribution in [1.29, 1.82) is 0 Å². The SMILES string of the molecule is CC(C)C(=O)c1ccc2c(c1)CCN(CCC1CCC(NC(=O)c3ccc4ccccc4n3)CC1)CC2. The molecule has 2 aliphatic rings. The zero-order chi connectivity index (χ0) is 25.8. The monoisotopic (exact) mass is 497 g/mol. The van der Waals surface area contributed by atoms with Crippen LogP contribution in [0.4, 0.5) is 0 Å². The molecule has 0 bridgehead atoms. The number of rotatable bonds is 7. The number of nitrogens with zero attached hydrogens (tertiary/aromatic N) is 2. The van der Waals surface area contributed by atoms with Crippen molar-refractivity contribution in [2.24, 2.45) is 11.8 Å². The molecule has 1 fully saturated rings. The molecule has 1 N–H and O–H groups in total. The van der Waals surface area contributed by atoms with Crippen LogP contribution in [0.15, 0.2) is 54.6 Å². The second-order valence-electron chi connectivity index (χ2n) is 11.2. The molecule has 3 aromatic rings. The van der Waals surface area contributed by atoms with Crippen molar-refractivity contribution in [2.45, 2.75) is 64.8 Å². The first-order valence-electron chi connectivity index (χ1n) is 14.0. The van der Waals surface area contributed by atoms with Crippen LogP contribution < -0.4 is 5.32 Å². The Kier molecular flexibility index (Phi) is 7.99. The predicted octanol–water partition coefficient (Wildman–Crippen LogP) is 5.85. The van der Waals surface area contributed by atoms with Crippen molar-refractivity contribution in [1.82, 2.24) is 15.2 Å². The van der Waals surface area contributed by atoms with Crippen LogP contribution in [-0.4, -0.2) is 47.3 Å². The van der Waals surface area contributed by atoms with E-state index in [1.165, 1.54) is 30.4 Å². The third kappa shape index (κ3) is 6.27. The minimum absolute atomic E-state index is 0.0408. The van der Waals surface area contributed by atoms with E-state index in [9.17, 15) is 9.59 Å². The summed E-state index contributed by atoms with van der Waals surface area (Å²) in [4.78, 5) is 32.4. The molecule has 1 aliphatic heterocycles. The molecule has 5 heteroatoms. The Hall–Kier alpha value is -3.05. The maximum absolute atomic E-state index is 12.8. The summed E-state index contributed by atoms with van der Waals surface area (Å²) in [5, 5.41) is 4.28. The highest BCUT2D eigenvalue weighted by Gasteiger charge is 2.24. The van der Waals surface area contributed by atoms with Gasteiger partial charge >= 0.3 is 0 Å². The number of aromatic nitrogens is 1. The molecule has 0 unspecified atom stereocenters. The van der Waals surface area contributed by atoms with Gasteiger partial charge in [0.05, 0.1) is 5.52 Å². The number of hydrogen-bond acceptors (Lipinski definition) is 4. The topological polar surface area (TPSA) is 62.3 Å². The van der Waals surface area contributed by atoms with Crippen LogP contribution in [0.25, 0.3) is 10.9 Å². The number of fused-ring (bicyclic) bond motifs is 2. The smallest absolute Gasteiger partial charge is 0.270 e. The second-order valence-corrected chi connectivity index (χ2v) is 11.2. The molecular weight excluding hydrogens is 458 g/mol. The second kappa shape index (κ2) is 11.6. The average Bonchev–Trinajstić information content (AvgIpc) is 3.13. The molecule has 0 saturated heterocycles. The minimum Gasteiger partial charge on any atom is -0.348 e. The first-order chi connectivity index (χ1) is 18.0. The number of carbonyl (C=O) groups is 2. The summed E-state index contributed by atoms with van der Waals surface area (Å²) >= 11 is 0. The van der Waals surface area contributed by atoms with Crippen LogP contribution in [-0.2, 0) is 12.8 Å². The van der Waals surface area contributed by atoms with Gasteiger partial charge < -0.3 is 10.2 Å². The Bertz CT molecular complexity index is 1260. The van der Waals surface area contributed by atoms with Gasteiger partial charge in [0.1, 0.15) is 5.69 Å². The molecule has 194 valence electrons. The summed E-state index contributed by atoms with van der Waals surface area (Å²) in [6.45, 7) is 7.23. The van der Waals surface area contributed by atoms with Crippen LogP contribution in [0, 0.1) is 11.8 Å². The number of nitrogens with one attached hydrogen (secondary N) is 1. The number of amides is 1. The molecule has 5 nitrogen and oxygen atoms in total. The van der Waals surface area contributed by atoms with E-state index in [2.05, 4.69) is 27.3 Å². The molecule has 2 aromatic carbocycles. The van der Waals surface area contributed by atoms with E-state index in [-0.39, 0.29) is 23.7 Å². The fraction of sp³-hybridized carbons (Fsp3) is 0.469. The first kappa shape index (κ1) is 25.6. The maximum atomic E-state index is 12.8. The van der Waals surface area contributed by atoms with Crippen molar-refractivity contribution in [3.8, 4) is 0 Å². The van der Waals surface area contributed by atoms with Gasteiger partial charge in [0.15, 0.2) is 5.78 Å². The largest absolute Gasteiger partial charge is 0.348 e. The van der Waals surface area contributed by atoms with Crippen molar-refractivity contribution >= 4 is 22.6 Å². The van der Waals surface area contributed by atoms with Gasteiger partial charge in [-0.3, -0.25) is 9.59 Å². The van der Waals surface area contributed by atoms with Gasteiger partial charge in [0.2, 0.25) is 0 Å². The summed E-state index contributed by atoms with van der Waals surface area (Å²) in [5.41, 5.74) is 4.98. The molecule has 2 heterocycles. The van der Waals surface area contributed by atoms with E-state index in [1.807, 2.05) is 56.3 Å². The van der Waals surface area contributed by atoms with Crippen LogP contribution in [0.3, 0.4) is 0 Å². The van der Waals surface area contributed by atoms with E-state index in [4.69, 9.17) is 0 Å². The lowest BCUT2D eigenvalue weighted by molar-refractivity contribution is 0.0913. The van der Waals surface area contributed by atoms with Crippen LogP contribution in [0.5, 0.6) is 0 Å². The Balaban J connectivity index is 1.06. The molecule has 0 radical (unpaired) electrons. The summed E-state index contributed by atoms with van der Waals surface area (Å²) < 4.78 is 0. The van der Waals surface area contributed by atoms with E-state index in [0.29, 0.717) is 5.69 Å². The summed E-state index contributed by atoms with van der Waals surface area (Å²) in [6, 6.07) is 18.3. The number of pyridine rings is 1. The summed E-state index contributed by atoms with van der Waals surface area (Å²) in [7, 11) is 0. The van der Waals surface area contributed by atoms with Crippen molar-refractivity contribution in [3.63, 3.8) is 0 Å². The van der Waals surface area contributed by atoms with Gasteiger partial charge in [-0.2, -0.15) is 0 Å². The highest BCUT2D eigenvalue weighted by molar-refractivity contribution is 5.97. The molecule has 1 amide bonds. The minimum atomic E-state index is -0.0587. The first-order valence-corrected chi connectivity index (χ1v) is 14.0. The normalized spacial score (nSPS) is 20.4. The number of ketones is 1. The highest BCUT2D eigenvalue weighted by Crippen LogP contribution is 2.28. The number of carbonyl (C=O) groups excluding carboxylic acids is 2. The molecule has 1 aromatic heterocycles. The van der Waals surface area contributed by atoms with Gasteiger partial charge in [-0.1, -0.05) is 50.2 Å². The average molecular weight is 498 g/mol. The quantitative estimate of drug-likeness (QED) is 0.416. The van der Waals surface area contributed by atoms with Gasteiger partial charge in [-0.25, -0.2) is 4.98 Å². The zero-order valence-electron chi connectivity index (χ0n) is 22.2. The van der Waals surface area contributed by atoms with Crippen LogP contribution in [0.1, 0.15) is 77.9 Å². The van der Waals surface area contributed by atoms with Gasteiger partial charge in [-0.05, 0) is 86.7 Å². The molecule has 1 saturated carbocycles. The molecule has 0 spiro atoms. The Labute approximate surface area is 220 Å². The molecule has 0 atom stereocenters. The number of benzene rings is 2. The zero-order valence-corrected chi connectivity index (χ0v) is 22.2. The number of hydrogen-bond donors (Lipinski definition) is 1. The Morgan fingerprint density at radius 1 is 0.946 bits per heavy atom. The van der Waals surface area contributed by atoms with E-state index in [0.717, 1.165) is 67.7 Å². The number of para-hydroxylation sites is 1. The van der Waals surface area contributed by atoms with Crippen LogP contribution in [0.2, 0.25) is 0 Å². The van der Waals surface area contributed by atoms with Crippen molar-refractivity contribution in [2.75, 3.05) is 19.6 Å². The fourth-order valence-corrected chi connectivity index (χ4v) is 5.89. The number of Topliss-reactive ketones (excluding diaryl/α,β-unsaturated/α-hetero) is 1. The van der Waals surface area contributed by atoms with Gasteiger partial charge in [-0.15, -0.1) is 0 Å². The standard InChI is InChI=1S/C32H39N3O2/c1-22(2)31(36)27-10-9-24-16-19-35(20-17-26(24)21-27)18-15-23-7-12-28(13-8-23)33-32(37)30-14-11-25-5-3-4-6-29(25)34-30/h3-6,9-11,14,21-23,28H,7-8,12-13,15-20H2,1-2H3,(H,33,37). The molecule has 5 rings (SSSR count). The van der Waals surface area contributed by atoms with Gasteiger partial charge in [0, 0.05) is 36.0 Å². The predicted molar refractivity (Wildman–Crippen MR) is 149 cm³/mol. The Morgan fingerprint density at radius 3 is 2.49 bits per heavy atom. The lowest BCUT2D eigenvalue weighted by atomic mass is 9.84. The van der Waals surface area contributed by atoms with E-state index < -0.39 is 0 Å². The Morgan fingerprint density at radius 2 is 1.70 bits per heavy atom. The maximum Gasteiger partial charge on any atom is 0.270 e. The van der Waals surface area contributed by atoms with Crippen LogP contribution >= 0.6 is 0 Å². The van der Waals surface area contributed by atoms with Crippen molar-refractivity contribution < 1.29 is 9.59 Å². The lowest BCUT2D eigenvalue weighted by Gasteiger charge is -2.30. The summed E-state index contributed by atoms with van der Waals surface area (Å²) in [6.07, 6.45) is 7.74. The molecule has 37 heavy (non-hydrogen) atoms. The molecular formula is C32H39N3O2. The van der Waals surface area contributed by atoms with Crippen molar-refractivity contribution in [3.05, 3.63) is 77.0 Å². The van der Waals surface area contributed by atoms with Gasteiger partial charge in [0.25, 0.3) is 5.91 Å². The molecule has 1 aliphatic carbocycles. The third-order valence-electron chi connectivity index (χ3n) is 8.28. The highest BCUT2D eigenvalue weighted by atomic mass is 16.2. The van der Waals surface area contributed by atoms with E-state index in [1.54, 1.807) is 0 Å².